The quantitative estimate of drug-likeness (QED) is 0.861. The predicted octanol–water partition coefficient (Wildman–Crippen LogP) is 2.07. The zero-order chi connectivity index (χ0) is 11.2. The molecule has 84 valence electrons. The number of aromatic nitrogens is 2. The summed E-state index contributed by atoms with van der Waals surface area (Å²) in [5.41, 5.74) is 1.03. The van der Waals surface area contributed by atoms with E-state index in [2.05, 4.69) is 9.97 Å². The van der Waals surface area contributed by atoms with Crippen molar-refractivity contribution in [2.24, 2.45) is 0 Å². The molecule has 1 N–H and O–H groups in total. The SMILES string of the molecule is OC(CCc1ccccn1)Cc1nccs1. The van der Waals surface area contributed by atoms with Crippen molar-refractivity contribution in [2.75, 3.05) is 0 Å². The molecule has 0 aliphatic rings. The molecule has 3 nitrogen and oxygen atoms in total. The molecule has 0 aliphatic heterocycles. The van der Waals surface area contributed by atoms with Crippen molar-refractivity contribution in [1.29, 1.82) is 0 Å². The molecule has 1 unspecified atom stereocenters. The third-order valence-electron chi connectivity index (χ3n) is 2.35. The lowest BCUT2D eigenvalue weighted by Gasteiger charge is -2.07. The van der Waals surface area contributed by atoms with Crippen molar-refractivity contribution >= 4 is 11.3 Å². The van der Waals surface area contributed by atoms with Gasteiger partial charge in [0.2, 0.25) is 0 Å². The van der Waals surface area contributed by atoms with Gasteiger partial charge in [0.25, 0.3) is 0 Å². The van der Waals surface area contributed by atoms with Gasteiger partial charge in [-0.3, -0.25) is 4.98 Å². The molecule has 16 heavy (non-hydrogen) atoms. The molecule has 0 saturated heterocycles. The molecule has 4 heteroatoms. The number of nitrogens with zero attached hydrogens (tertiary/aromatic N) is 2. The molecular formula is C12H14N2OS. The number of aliphatic hydroxyl groups excluding tert-OH is 1. The van der Waals surface area contributed by atoms with Crippen molar-refractivity contribution in [2.45, 2.75) is 25.4 Å². The summed E-state index contributed by atoms with van der Waals surface area (Å²) in [6, 6.07) is 5.85. The van der Waals surface area contributed by atoms with E-state index in [1.807, 2.05) is 23.6 Å². The highest BCUT2D eigenvalue weighted by molar-refractivity contribution is 7.09. The Morgan fingerprint density at radius 3 is 2.88 bits per heavy atom. The summed E-state index contributed by atoms with van der Waals surface area (Å²) in [7, 11) is 0. The first-order valence-corrected chi connectivity index (χ1v) is 6.19. The normalized spacial score (nSPS) is 12.6. The zero-order valence-corrected chi connectivity index (χ0v) is 9.73. The van der Waals surface area contributed by atoms with Crippen LogP contribution < -0.4 is 0 Å². The molecule has 0 aliphatic carbocycles. The van der Waals surface area contributed by atoms with Gasteiger partial charge in [0.1, 0.15) is 0 Å². The van der Waals surface area contributed by atoms with Gasteiger partial charge in [-0.05, 0) is 25.0 Å². The molecule has 1 atom stereocenters. The highest BCUT2D eigenvalue weighted by atomic mass is 32.1. The third-order valence-corrected chi connectivity index (χ3v) is 3.16. The van der Waals surface area contributed by atoms with Crippen molar-refractivity contribution in [3.05, 3.63) is 46.7 Å². The van der Waals surface area contributed by atoms with E-state index in [-0.39, 0.29) is 6.10 Å². The Hall–Kier alpha value is -1.26. The van der Waals surface area contributed by atoms with Gasteiger partial charge >= 0.3 is 0 Å². The lowest BCUT2D eigenvalue weighted by molar-refractivity contribution is 0.164. The molecular weight excluding hydrogens is 220 g/mol. The smallest absolute Gasteiger partial charge is 0.0950 e. The number of pyridine rings is 1. The number of rotatable bonds is 5. The van der Waals surface area contributed by atoms with E-state index >= 15 is 0 Å². The average molecular weight is 234 g/mol. The number of hydrogen-bond donors (Lipinski definition) is 1. The number of aliphatic hydroxyl groups is 1. The topological polar surface area (TPSA) is 46.0 Å². The van der Waals surface area contributed by atoms with Crippen LogP contribution in [0.5, 0.6) is 0 Å². The number of thiazole rings is 1. The Balaban J connectivity index is 1.78. The van der Waals surface area contributed by atoms with Crippen LogP contribution in [0.1, 0.15) is 17.1 Å². The minimum absolute atomic E-state index is 0.326. The Kier molecular flexibility index (Phi) is 4.02. The Bertz CT molecular complexity index is 402. The van der Waals surface area contributed by atoms with E-state index in [0.717, 1.165) is 23.5 Å². The van der Waals surface area contributed by atoms with E-state index in [1.165, 1.54) is 0 Å². The Labute approximate surface area is 98.8 Å². The van der Waals surface area contributed by atoms with Crippen molar-refractivity contribution in [1.82, 2.24) is 9.97 Å². The third kappa shape index (κ3) is 3.40. The van der Waals surface area contributed by atoms with Crippen molar-refractivity contribution < 1.29 is 5.11 Å². The molecule has 0 radical (unpaired) electrons. The van der Waals surface area contributed by atoms with Crippen LogP contribution in [0.4, 0.5) is 0 Å². The van der Waals surface area contributed by atoms with Crippen LogP contribution in [0.3, 0.4) is 0 Å². The maximum absolute atomic E-state index is 9.82. The average Bonchev–Trinajstić information content (AvgIpc) is 2.81. The maximum atomic E-state index is 9.82. The van der Waals surface area contributed by atoms with Crippen molar-refractivity contribution in [3.63, 3.8) is 0 Å². The molecule has 2 rings (SSSR count). The molecule has 0 bridgehead atoms. The molecule has 0 spiro atoms. The first-order valence-electron chi connectivity index (χ1n) is 5.31. The highest BCUT2D eigenvalue weighted by Gasteiger charge is 2.07. The second kappa shape index (κ2) is 5.72. The summed E-state index contributed by atoms with van der Waals surface area (Å²) in [6.45, 7) is 0. The largest absolute Gasteiger partial charge is 0.393 e. The first-order chi connectivity index (χ1) is 7.84. The summed E-state index contributed by atoms with van der Waals surface area (Å²) in [5, 5.41) is 12.7. The second-order valence-electron chi connectivity index (χ2n) is 3.64. The predicted molar refractivity (Wildman–Crippen MR) is 64.4 cm³/mol. The van der Waals surface area contributed by atoms with E-state index in [0.29, 0.717) is 6.42 Å². The fourth-order valence-electron chi connectivity index (χ4n) is 1.52. The molecule has 0 fully saturated rings. The van der Waals surface area contributed by atoms with Gasteiger partial charge in [0.05, 0.1) is 11.1 Å². The van der Waals surface area contributed by atoms with Gasteiger partial charge in [-0.1, -0.05) is 6.07 Å². The first kappa shape index (κ1) is 11.2. The maximum Gasteiger partial charge on any atom is 0.0950 e. The van der Waals surface area contributed by atoms with Gasteiger partial charge in [-0.2, -0.15) is 0 Å². The molecule has 0 amide bonds. The number of aryl methyl sites for hydroxylation is 1. The van der Waals surface area contributed by atoms with E-state index in [9.17, 15) is 5.11 Å². The summed E-state index contributed by atoms with van der Waals surface area (Å²) < 4.78 is 0. The molecule has 2 aromatic rings. The van der Waals surface area contributed by atoms with Crippen LogP contribution in [-0.4, -0.2) is 21.2 Å². The molecule has 0 saturated carbocycles. The fourth-order valence-corrected chi connectivity index (χ4v) is 2.21. The molecule has 2 aromatic heterocycles. The second-order valence-corrected chi connectivity index (χ2v) is 4.62. The van der Waals surface area contributed by atoms with Gasteiger partial charge in [-0.15, -0.1) is 11.3 Å². The lowest BCUT2D eigenvalue weighted by Crippen LogP contribution is -2.11. The summed E-state index contributed by atoms with van der Waals surface area (Å²) >= 11 is 1.59. The minimum atomic E-state index is -0.326. The standard InChI is InChI=1S/C12H14N2OS/c15-11(9-12-14-7-8-16-12)5-4-10-3-1-2-6-13-10/h1-3,6-8,11,15H,4-5,9H2. The molecule has 0 aromatic carbocycles. The Morgan fingerprint density at radius 1 is 1.25 bits per heavy atom. The van der Waals surface area contributed by atoms with Gasteiger partial charge in [-0.25, -0.2) is 4.98 Å². The van der Waals surface area contributed by atoms with Crippen LogP contribution in [0.15, 0.2) is 36.0 Å². The lowest BCUT2D eigenvalue weighted by atomic mass is 10.1. The number of hydrogen-bond acceptors (Lipinski definition) is 4. The van der Waals surface area contributed by atoms with Gasteiger partial charge in [0.15, 0.2) is 0 Å². The van der Waals surface area contributed by atoms with Crippen LogP contribution in [0.2, 0.25) is 0 Å². The van der Waals surface area contributed by atoms with Gasteiger partial charge in [0, 0.05) is 29.9 Å². The monoisotopic (exact) mass is 234 g/mol. The fraction of sp³-hybridized carbons (Fsp3) is 0.333. The summed E-state index contributed by atoms with van der Waals surface area (Å²) in [6.07, 6.45) is 5.41. The van der Waals surface area contributed by atoms with Gasteiger partial charge < -0.3 is 5.11 Å². The van der Waals surface area contributed by atoms with Crippen LogP contribution in [0.25, 0.3) is 0 Å². The summed E-state index contributed by atoms with van der Waals surface area (Å²) in [5.74, 6) is 0. The van der Waals surface area contributed by atoms with Crippen LogP contribution in [0, 0.1) is 0 Å². The van der Waals surface area contributed by atoms with Crippen LogP contribution >= 0.6 is 11.3 Å². The van der Waals surface area contributed by atoms with E-state index < -0.39 is 0 Å². The summed E-state index contributed by atoms with van der Waals surface area (Å²) in [4.78, 5) is 8.38. The Morgan fingerprint density at radius 2 is 2.19 bits per heavy atom. The zero-order valence-electron chi connectivity index (χ0n) is 8.91. The van der Waals surface area contributed by atoms with Crippen molar-refractivity contribution in [3.8, 4) is 0 Å². The van der Waals surface area contributed by atoms with E-state index in [4.69, 9.17) is 0 Å². The highest BCUT2D eigenvalue weighted by Crippen LogP contribution is 2.10. The minimum Gasteiger partial charge on any atom is -0.393 e. The van der Waals surface area contributed by atoms with Crippen LogP contribution in [-0.2, 0) is 12.8 Å². The van der Waals surface area contributed by atoms with E-state index in [1.54, 1.807) is 23.7 Å². The molecule has 2 heterocycles.